The second kappa shape index (κ2) is 7.75. The Kier molecular flexibility index (Phi) is 5.62. The molecule has 0 saturated carbocycles. The molecule has 3 rings (SSSR count). The second-order valence-electron chi connectivity index (χ2n) is 6.39. The van der Waals surface area contributed by atoms with Crippen molar-refractivity contribution in [1.29, 1.82) is 0 Å². The third-order valence-corrected chi connectivity index (χ3v) is 6.56. The van der Waals surface area contributed by atoms with E-state index in [0.29, 0.717) is 0 Å². The van der Waals surface area contributed by atoms with Gasteiger partial charge >= 0.3 is 0 Å². The van der Waals surface area contributed by atoms with Gasteiger partial charge in [-0.05, 0) is 30.2 Å². The lowest BCUT2D eigenvalue weighted by Crippen LogP contribution is -2.40. The Morgan fingerprint density at radius 1 is 1.15 bits per heavy atom. The fourth-order valence-corrected chi connectivity index (χ4v) is 4.94. The molecule has 26 heavy (non-hydrogen) atoms. The zero-order valence-corrected chi connectivity index (χ0v) is 15.9. The summed E-state index contributed by atoms with van der Waals surface area (Å²) in [6.45, 7) is 1.96. The molecule has 2 aromatic rings. The third-order valence-electron chi connectivity index (χ3n) is 4.68. The van der Waals surface area contributed by atoms with Crippen molar-refractivity contribution in [2.75, 3.05) is 20.8 Å². The molecule has 0 bridgehead atoms. The van der Waals surface area contributed by atoms with Gasteiger partial charge in [-0.25, -0.2) is 13.1 Å². The molecule has 0 unspecified atom stereocenters. The van der Waals surface area contributed by atoms with Gasteiger partial charge < -0.3 is 4.74 Å². The Balaban J connectivity index is 1.83. The lowest BCUT2D eigenvalue weighted by atomic mass is 10.0. The first-order chi connectivity index (χ1) is 12.4. The molecule has 1 saturated heterocycles. The van der Waals surface area contributed by atoms with Crippen LogP contribution in [0.4, 0.5) is 0 Å². The average molecular weight is 376 g/mol. The predicted molar refractivity (Wildman–Crippen MR) is 100 cm³/mol. The van der Waals surface area contributed by atoms with Crippen LogP contribution in [0.5, 0.6) is 5.75 Å². The maximum absolute atomic E-state index is 13.0. The second-order valence-corrected chi connectivity index (χ2v) is 8.32. The van der Waals surface area contributed by atoms with E-state index in [1.165, 1.54) is 0 Å². The summed E-state index contributed by atoms with van der Waals surface area (Å²) >= 11 is 0. The highest BCUT2D eigenvalue weighted by Crippen LogP contribution is 2.34. The molecule has 140 valence electrons. The number of benzene rings is 2. The highest BCUT2D eigenvalue weighted by atomic mass is 32.2. The lowest BCUT2D eigenvalue weighted by Gasteiger charge is -2.24. The van der Waals surface area contributed by atoms with Crippen LogP contribution in [0.1, 0.15) is 30.1 Å². The Labute approximate surface area is 154 Å². The molecule has 3 atom stereocenters. The minimum Gasteiger partial charge on any atom is -0.497 e. The first-order valence-corrected chi connectivity index (χ1v) is 10.0. The van der Waals surface area contributed by atoms with Gasteiger partial charge in [0, 0.05) is 13.1 Å². The Hall–Kier alpha value is -1.93. The van der Waals surface area contributed by atoms with Crippen molar-refractivity contribution < 1.29 is 18.0 Å². The molecule has 0 spiro atoms. The number of hydrogen-bond donors (Lipinski definition) is 1. The highest BCUT2D eigenvalue weighted by Gasteiger charge is 2.43. The first kappa shape index (κ1) is 18.8. The summed E-state index contributed by atoms with van der Waals surface area (Å²) in [4.78, 5) is 5.55. The highest BCUT2D eigenvalue weighted by molar-refractivity contribution is 7.90. The number of methoxy groups -OCH3 is 1. The standard InChI is InChI=1S/C19H24N2O4S/c1-14(15-7-5-4-6-8-15)20-26(22,23)18-13-25-21(2)19(18)16-9-11-17(24-3)12-10-16/h4-12,14,18-20H,13H2,1-3H3/t14-,18-,19-/m1/s1. The van der Waals surface area contributed by atoms with Gasteiger partial charge in [0.15, 0.2) is 0 Å². The van der Waals surface area contributed by atoms with Crippen molar-refractivity contribution in [2.45, 2.75) is 24.3 Å². The van der Waals surface area contributed by atoms with E-state index >= 15 is 0 Å². The molecule has 1 fully saturated rings. The number of hydrogen-bond acceptors (Lipinski definition) is 5. The smallest absolute Gasteiger partial charge is 0.219 e. The van der Waals surface area contributed by atoms with Crippen molar-refractivity contribution in [3.63, 3.8) is 0 Å². The fraction of sp³-hybridized carbons (Fsp3) is 0.368. The van der Waals surface area contributed by atoms with Crippen molar-refractivity contribution >= 4 is 10.0 Å². The number of nitrogens with one attached hydrogen (secondary N) is 1. The topological polar surface area (TPSA) is 67.9 Å². The van der Waals surface area contributed by atoms with Gasteiger partial charge in [0.1, 0.15) is 11.0 Å². The van der Waals surface area contributed by atoms with E-state index < -0.39 is 15.3 Å². The molecule has 1 N–H and O–H groups in total. The maximum atomic E-state index is 13.0. The van der Waals surface area contributed by atoms with E-state index in [0.717, 1.165) is 16.9 Å². The molecule has 6 nitrogen and oxygen atoms in total. The number of nitrogens with zero attached hydrogens (tertiary/aromatic N) is 1. The minimum absolute atomic E-state index is 0.115. The number of hydroxylamine groups is 2. The van der Waals surface area contributed by atoms with E-state index in [1.54, 1.807) is 19.2 Å². The van der Waals surface area contributed by atoms with Crippen LogP contribution in [0.15, 0.2) is 54.6 Å². The third kappa shape index (κ3) is 3.91. The molecule has 1 heterocycles. The lowest BCUT2D eigenvalue weighted by molar-refractivity contribution is -0.110. The van der Waals surface area contributed by atoms with E-state index in [-0.39, 0.29) is 18.7 Å². The molecule has 0 amide bonds. The maximum Gasteiger partial charge on any atom is 0.219 e. The van der Waals surface area contributed by atoms with Gasteiger partial charge in [0.25, 0.3) is 0 Å². The van der Waals surface area contributed by atoms with E-state index in [2.05, 4.69) is 4.72 Å². The average Bonchev–Trinajstić information content (AvgIpc) is 3.04. The van der Waals surface area contributed by atoms with Gasteiger partial charge in [0.2, 0.25) is 10.0 Å². The van der Waals surface area contributed by atoms with Crippen LogP contribution in [0.25, 0.3) is 0 Å². The normalized spacial score (nSPS) is 22.3. The Bertz CT molecular complexity index is 824. The van der Waals surface area contributed by atoms with Gasteiger partial charge in [-0.15, -0.1) is 0 Å². The Morgan fingerprint density at radius 2 is 1.81 bits per heavy atom. The summed E-state index contributed by atoms with van der Waals surface area (Å²) in [5.41, 5.74) is 1.79. The molecular weight excluding hydrogens is 352 g/mol. The minimum atomic E-state index is -3.60. The van der Waals surface area contributed by atoms with E-state index in [4.69, 9.17) is 9.57 Å². The van der Waals surface area contributed by atoms with Crippen LogP contribution in [0.2, 0.25) is 0 Å². The van der Waals surface area contributed by atoms with Crippen molar-refractivity contribution in [1.82, 2.24) is 9.79 Å². The SMILES string of the molecule is COc1ccc([C@@H]2[C@H](S(=O)(=O)N[C@H](C)c3ccccc3)CON2C)cc1. The molecule has 7 heteroatoms. The molecule has 0 aliphatic carbocycles. The zero-order chi connectivity index (χ0) is 18.7. The number of rotatable bonds is 6. The van der Waals surface area contributed by atoms with Gasteiger partial charge in [-0.1, -0.05) is 42.5 Å². The Morgan fingerprint density at radius 3 is 2.42 bits per heavy atom. The molecule has 1 aliphatic heterocycles. The largest absolute Gasteiger partial charge is 0.497 e. The van der Waals surface area contributed by atoms with Crippen LogP contribution in [0, 0.1) is 0 Å². The summed E-state index contributed by atoms with van der Waals surface area (Å²) in [5.74, 6) is 0.727. The summed E-state index contributed by atoms with van der Waals surface area (Å²) in [5, 5.41) is 0.908. The van der Waals surface area contributed by atoms with Crippen molar-refractivity contribution in [2.24, 2.45) is 0 Å². The molecular formula is C19H24N2O4S. The van der Waals surface area contributed by atoms with E-state index in [9.17, 15) is 8.42 Å². The van der Waals surface area contributed by atoms with Crippen LogP contribution in [0.3, 0.4) is 0 Å². The number of ether oxygens (including phenoxy) is 1. The van der Waals surface area contributed by atoms with Crippen LogP contribution in [-0.2, 0) is 14.9 Å². The summed E-state index contributed by atoms with van der Waals surface area (Å²) in [7, 11) is -0.247. The number of sulfonamides is 1. The van der Waals surface area contributed by atoms with Crippen LogP contribution >= 0.6 is 0 Å². The molecule has 1 aliphatic rings. The van der Waals surface area contributed by atoms with Gasteiger partial charge in [-0.3, -0.25) is 4.84 Å². The summed E-state index contributed by atoms with van der Waals surface area (Å²) in [6, 6.07) is 16.2. The fourth-order valence-electron chi connectivity index (χ4n) is 3.23. The monoisotopic (exact) mass is 376 g/mol. The predicted octanol–water partition coefficient (Wildman–Crippen LogP) is 2.66. The first-order valence-electron chi connectivity index (χ1n) is 8.48. The van der Waals surface area contributed by atoms with Crippen molar-refractivity contribution in [3.05, 3.63) is 65.7 Å². The zero-order valence-electron chi connectivity index (χ0n) is 15.1. The molecule has 0 radical (unpaired) electrons. The summed E-state index contributed by atoms with van der Waals surface area (Å²) < 4.78 is 34.0. The van der Waals surface area contributed by atoms with Gasteiger partial charge in [0.05, 0.1) is 19.8 Å². The van der Waals surface area contributed by atoms with Crippen molar-refractivity contribution in [3.8, 4) is 5.75 Å². The summed E-state index contributed by atoms with van der Waals surface area (Å²) in [6.07, 6.45) is 0. The molecule has 2 aromatic carbocycles. The molecule has 0 aromatic heterocycles. The van der Waals surface area contributed by atoms with Crippen LogP contribution < -0.4 is 9.46 Å². The quantitative estimate of drug-likeness (QED) is 0.840. The van der Waals surface area contributed by atoms with Crippen LogP contribution in [-0.4, -0.2) is 39.5 Å². The van der Waals surface area contributed by atoms with Gasteiger partial charge in [-0.2, -0.15) is 5.06 Å². The van der Waals surface area contributed by atoms with E-state index in [1.807, 2.05) is 61.5 Å².